The molecule has 2 aromatic rings. The minimum Gasteiger partial charge on any atom is -0.478 e. The fourth-order valence-corrected chi connectivity index (χ4v) is 4.79. The van der Waals surface area contributed by atoms with Crippen molar-refractivity contribution in [3.8, 4) is 0 Å². The lowest BCUT2D eigenvalue weighted by Crippen LogP contribution is -2.07. The van der Waals surface area contributed by atoms with Crippen LogP contribution in [0.25, 0.3) is 0 Å². The third-order valence-electron chi connectivity index (χ3n) is 2.31. The highest BCUT2D eigenvalue weighted by atomic mass is 79.9. The lowest BCUT2D eigenvalue weighted by Gasteiger charge is -2.06. The first kappa shape index (κ1) is 14.2. The summed E-state index contributed by atoms with van der Waals surface area (Å²) in [5, 5.41) is 11.1. The number of sulfone groups is 1. The van der Waals surface area contributed by atoms with Crippen LogP contribution in [-0.4, -0.2) is 24.5 Å². The first-order valence-corrected chi connectivity index (χ1v) is 8.36. The molecule has 5 nitrogen and oxygen atoms in total. The van der Waals surface area contributed by atoms with Gasteiger partial charge >= 0.3 is 5.97 Å². The molecular formula is C11H8BrNO4S2. The Morgan fingerprint density at radius 1 is 1.42 bits per heavy atom. The Morgan fingerprint density at radius 2 is 2.16 bits per heavy atom. The normalized spacial score (nSPS) is 11.4. The monoisotopic (exact) mass is 361 g/mol. The molecule has 1 N–H and O–H groups in total. The second-order valence-corrected chi connectivity index (χ2v) is 7.43. The Hall–Kier alpha value is -1.25. The molecule has 1 aromatic carbocycles. The number of aromatic nitrogens is 1. The lowest BCUT2D eigenvalue weighted by molar-refractivity contribution is 0.0696. The SMILES string of the molecule is O=C(O)c1ccc(Br)c(S(=O)(=O)Cc2nccs2)c1. The molecule has 0 radical (unpaired) electrons. The highest BCUT2D eigenvalue weighted by Gasteiger charge is 2.21. The molecule has 8 heteroatoms. The fraction of sp³-hybridized carbons (Fsp3) is 0.0909. The van der Waals surface area contributed by atoms with Crippen LogP contribution in [0.3, 0.4) is 0 Å². The summed E-state index contributed by atoms with van der Waals surface area (Å²) >= 11 is 4.37. The molecule has 1 heterocycles. The second kappa shape index (κ2) is 5.40. The van der Waals surface area contributed by atoms with Crippen LogP contribution in [0.1, 0.15) is 15.4 Å². The Balaban J connectivity index is 2.45. The van der Waals surface area contributed by atoms with E-state index < -0.39 is 15.8 Å². The molecular weight excluding hydrogens is 354 g/mol. The molecule has 0 aliphatic rings. The zero-order valence-electron chi connectivity index (χ0n) is 9.41. The van der Waals surface area contributed by atoms with Crippen molar-refractivity contribution < 1.29 is 18.3 Å². The Bertz CT molecular complexity index is 710. The van der Waals surface area contributed by atoms with E-state index >= 15 is 0 Å². The highest BCUT2D eigenvalue weighted by Crippen LogP contribution is 2.26. The molecule has 1 aromatic heterocycles. The van der Waals surface area contributed by atoms with Gasteiger partial charge in [-0.1, -0.05) is 0 Å². The van der Waals surface area contributed by atoms with Crippen molar-refractivity contribution in [1.29, 1.82) is 0 Å². The van der Waals surface area contributed by atoms with Gasteiger partial charge in [-0.2, -0.15) is 0 Å². The maximum Gasteiger partial charge on any atom is 0.335 e. The molecule has 0 fully saturated rings. The summed E-state index contributed by atoms with van der Waals surface area (Å²) in [6.45, 7) is 0. The highest BCUT2D eigenvalue weighted by molar-refractivity contribution is 9.10. The van der Waals surface area contributed by atoms with E-state index in [2.05, 4.69) is 20.9 Å². The van der Waals surface area contributed by atoms with Crippen molar-refractivity contribution in [2.75, 3.05) is 0 Å². The van der Waals surface area contributed by atoms with Gasteiger partial charge in [-0.05, 0) is 34.1 Å². The van der Waals surface area contributed by atoms with Gasteiger partial charge in [-0.3, -0.25) is 0 Å². The first-order chi connectivity index (χ1) is 8.90. The van der Waals surface area contributed by atoms with Crippen molar-refractivity contribution in [3.05, 3.63) is 44.8 Å². The molecule has 0 spiro atoms. The van der Waals surface area contributed by atoms with Crippen molar-refractivity contribution >= 4 is 43.1 Å². The van der Waals surface area contributed by atoms with Gasteiger partial charge in [0.1, 0.15) is 10.8 Å². The molecule has 0 amide bonds. The Labute approximate surface area is 122 Å². The average Bonchev–Trinajstić information content (AvgIpc) is 2.81. The topological polar surface area (TPSA) is 84.3 Å². The lowest BCUT2D eigenvalue weighted by atomic mass is 10.2. The summed E-state index contributed by atoms with van der Waals surface area (Å²) in [5.41, 5.74) is -0.0686. The number of thiazole rings is 1. The standard InChI is InChI=1S/C11H8BrNO4S2/c12-8-2-1-7(11(14)15)5-9(8)19(16,17)6-10-13-3-4-18-10/h1-5H,6H2,(H,14,15). The Kier molecular flexibility index (Phi) is 4.02. The van der Waals surface area contributed by atoms with Crippen LogP contribution in [0, 0.1) is 0 Å². The average molecular weight is 362 g/mol. The summed E-state index contributed by atoms with van der Waals surface area (Å²) in [7, 11) is -3.63. The number of carboxylic acids is 1. The van der Waals surface area contributed by atoms with E-state index in [-0.39, 0.29) is 16.2 Å². The molecule has 0 bridgehead atoms. The van der Waals surface area contributed by atoms with E-state index in [0.29, 0.717) is 9.48 Å². The molecule has 0 saturated heterocycles. The third-order valence-corrected chi connectivity index (χ3v) is 5.89. The van der Waals surface area contributed by atoms with Gasteiger partial charge in [0, 0.05) is 16.0 Å². The number of carbonyl (C=O) groups is 1. The number of hydrogen-bond donors (Lipinski definition) is 1. The summed E-state index contributed by atoms with van der Waals surface area (Å²) in [4.78, 5) is 14.8. The van der Waals surface area contributed by atoms with Crippen LogP contribution < -0.4 is 0 Å². The summed E-state index contributed by atoms with van der Waals surface area (Å²) in [6, 6.07) is 3.91. The minimum atomic E-state index is -3.63. The van der Waals surface area contributed by atoms with Gasteiger partial charge in [-0.25, -0.2) is 18.2 Å². The van der Waals surface area contributed by atoms with E-state index in [1.54, 1.807) is 5.38 Å². The van der Waals surface area contributed by atoms with Crippen molar-refractivity contribution in [1.82, 2.24) is 4.98 Å². The van der Waals surface area contributed by atoms with Crippen LogP contribution in [0.15, 0.2) is 39.1 Å². The third kappa shape index (κ3) is 3.20. The van der Waals surface area contributed by atoms with Gasteiger partial charge in [-0.15, -0.1) is 11.3 Å². The number of halogens is 1. The number of hydrogen-bond acceptors (Lipinski definition) is 5. The van der Waals surface area contributed by atoms with Gasteiger partial charge in [0.05, 0.1) is 10.5 Å². The maximum absolute atomic E-state index is 12.2. The zero-order valence-corrected chi connectivity index (χ0v) is 12.6. The predicted molar refractivity (Wildman–Crippen MR) is 74.1 cm³/mol. The number of rotatable bonds is 4. The maximum atomic E-state index is 12.2. The van der Waals surface area contributed by atoms with Crippen LogP contribution in [-0.2, 0) is 15.6 Å². The van der Waals surface area contributed by atoms with Crippen LogP contribution in [0.4, 0.5) is 0 Å². The number of benzene rings is 1. The van der Waals surface area contributed by atoms with E-state index in [0.717, 1.165) is 6.07 Å². The van der Waals surface area contributed by atoms with Crippen LogP contribution >= 0.6 is 27.3 Å². The molecule has 0 saturated carbocycles. The summed E-state index contributed by atoms with van der Waals surface area (Å²) in [6.07, 6.45) is 1.53. The smallest absolute Gasteiger partial charge is 0.335 e. The molecule has 0 unspecified atom stereocenters. The van der Waals surface area contributed by atoms with Gasteiger partial charge in [0.25, 0.3) is 0 Å². The molecule has 0 atom stereocenters. The summed E-state index contributed by atoms with van der Waals surface area (Å²) in [5.74, 6) is -1.41. The number of nitrogens with zero attached hydrogens (tertiary/aromatic N) is 1. The molecule has 19 heavy (non-hydrogen) atoms. The minimum absolute atomic E-state index is 0.0393. The molecule has 100 valence electrons. The van der Waals surface area contributed by atoms with Gasteiger partial charge < -0.3 is 5.11 Å². The quantitative estimate of drug-likeness (QED) is 0.904. The van der Waals surface area contributed by atoms with Crippen LogP contribution in [0.2, 0.25) is 0 Å². The van der Waals surface area contributed by atoms with E-state index in [1.807, 2.05) is 0 Å². The van der Waals surface area contributed by atoms with Crippen molar-refractivity contribution in [2.24, 2.45) is 0 Å². The molecule has 0 aliphatic carbocycles. The second-order valence-electron chi connectivity index (χ2n) is 3.64. The summed E-state index contributed by atoms with van der Waals surface area (Å²) < 4.78 is 24.8. The van der Waals surface area contributed by atoms with Gasteiger partial charge in [0.15, 0.2) is 9.84 Å². The zero-order chi connectivity index (χ0) is 14.0. The van der Waals surface area contributed by atoms with Gasteiger partial charge in [0.2, 0.25) is 0 Å². The largest absolute Gasteiger partial charge is 0.478 e. The fourth-order valence-electron chi connectivity index (χ4n) is 1.44. The van der Waals surface area contributed by atoms with E-state index in [9.17, 15) is 13.2 Å². The number of carboxylic acid groups (broad SMARTS) is 1. The first-order valence-electron chi connectivity index (χ1n) is 5.04. The molecule has 2 rings (SSSR count). The Morgan fingerprint density at radius 3 is 2.74 bits per heavy atom. The molecule has 0 aliphatic heterocycles. The van der Waals surface area contributed by atoms with E-state index in [1.165, 1.54) is 29.7 Å². The van der Waals surface area contributed by atoms with Crippen molar-refractivity contribution in [2.45, 2.75) is 10.6 Å². The van der Waals surface area contributed by atoms with E-state index in [4.69, 9.17) is 5.11 Å². The predicted octanol–water partition coefficient (Wildman–Crippen LogP) is 2.58. The number of aromatic carboxylic acids is 1. The van der Waals surface area contributed by atoms with Crippen molar-refractivity contribution in [3.63, 3.8) is 0 Å². The van der Waals surface area contributed by atoms with Crippen LogP contribution in [0.5, 0.6) is 0 Å².